The Labute approximate surface area is 163 Å². The van der Waals surface area contributed by atoms with E-state index < -0.39 is 0 Å². The van der Waals surface area contributed by atoms with Gasteiger partial charge in [-0.2, -0.15) is 0 Å². The number of aryl methyl sites for hydroxylation is 1. The molecule has 0 heterocycles. The minimum atomic E-state index is 0.400. The van der Waals surface area contributed by atoms with Gasteiger partial charge in [-0.25, -0.2) is 0 Å². The van der Waals surface area contributed by atoms with Crippen LogP contribution in [0.15, 0.2) is 18.2 Å². The van der Waals surface area contributed by atoms with Gasteiger partial charge in [-0.1, -0.05) is 12.1 Å². The molecular weight excluding hydrogens is 344 g/mol. The van der Waals surface area contributed by atoms with Gasteiger partial charge in [0.15, 0.2) is 0 Å². The van der Waals surface area contributed by atoms with Crippen LogP contribution >= 0.6 is 0 Å². The SMILES string of the molecule is COCCOCCOCCOCC1CC2CC1CC2c1ccc(O)c(C)c1. The predicted molar refractivity (Wildman–Crippen MR) is 104 cm³/mol. The number of phenols is 1. The van der Waals surface area contributed by atoms with E-state index in [9.17, 15) is 5.11 Å². The summed E-state index contributed by atoms with van der Waals surface area (Å²) in [6.45, 7) is 6.58. The molecule has 5 nitrogen and oxygen atoms in total. The highest BCUT2D eigenvalue weighted by Gasteiger charge is 2.46. The molecule has 5 heteroatoms. The molecule has 0 saturated heterocycles. The molecule has 152 valence electrons. The molecule has 27 heavy (non-hydrogen) atoms. The second-order valence-corrected chi connectivity index (χ2v) is 7.93. The highest BCUT2D eigenvalue weighted by atomic mass is 16.6. The molecule has 2 fully saturated rings. The van der Waals surface area contributed by atoms with Crippen LogP contribution in [0, 0.1) is 24.7 Å². The minimum Gasteiger partial charge on any atom is -0.508 e. The number of benzene rings is 1. The lowest BCUT2D eigenvalue weighted by Crippen LogP contribution is -2.22. The molecule has 2 saturated carbocycles. The molecule has 1 aromatic carbocycles. The Morgan fingerprint density at radius 3 is 2.22 bits per heavy atom. The maximum absolute atomic E-state index is 9.74. The molecule has 2 aliphatic carbocycles. The average Bonchev–Trinajstić information content (AvgIpc) is 3.26. The van der Waals surface area contributed by atoms with Gasteiger partial charge in [0.25, 0.3) is 0 Å². The summed E-state index contributed by atoms with van der Waals surface area (Å²) >= 11 is 0. The summed E-state index contributed by atoms with van der Waals surface area (Å²) < 4.78 is 21.7. The topological polar surface area (TPSA) is 57.2 Å². The van der Waals surface area contributed by atoms with Crippen molar-refractivity contribution in [2.45, 2.75) is 32.1 Å². The zero-order valence-corrected chi connectivity index (χ0v) is 16.7. The molecule has 0 amide bonds. The van der Waals surface area contributed by atoms with Crippen LogP contribution in [0.1, 0.15) is 36.3 Å². The van der Waals surface area contributed by atoms with Gasteiger partial charge in [0.05, 0.1) is 39.6 Å². The second-order valence-electron chi connectivity index (χ2n) is 7.93. The maximum Gasteiger partial charge on any atom is 0.118 e. The van der Waals surface area contributed by atoms with E-state index in [2.05, 4.69) is 12.1 Å². The first-order chi connectivity index (χ1) is 13.2. The van der Waals surface area contributed by atoms with Crippen molar-refractivity contribution < 1.29 is 24.1 Å². The third kappa shape index (κ3) is 5.67. The monoisotopic (exact) mass is 378 g/mol. The Morgan fingerprint density at radius 1 is 0.889 bits per heavy atom. The Kier molecular flexibility index (Phi) is 7.94. The summed E-state index contributed by atoms with van der Waals surface area (Å²) in [4.78, 5) is 0. The number of phenolic OH excluding ortho intramolecular Hbond substituents is 1. The Hall–Kier alpha value is -1.14. The fraction of sp³-hybridized carbons (Fsp3) is 0.727. The van der Waals surface area contributed by atoms with Crippen molar-refractivity contribution in [1.29, 1.82) is 0 Å². The molecule has 1 aromatic rings. The minimum absolute atomic E-state index is 0.400. The zero-order chi connectivity index (χ0) is 19.1. The van der Waals surface area contributed by atoms with E-state index >= 15 is 0 Å². The van der Waals surface area contributed by atoms with Crippen LogP contribution in [0.3, 0.4) is 0 Å². The highest BCUT2D eigenvalue weighted by molar-refractivity contribution is 5.37. The molecule has 0 spiro atoms. The summed E-state index contributed by atoms with van der Waals surface area (Å²) in [6, 6.07) is 6.12. The van der Waals surface area contributed by atoms with Crippen molar-refractivity contribution >= 4 is 0 Å². The molecule has 4 atom stereocenters. The number of hydrogen-bond donors (Lipinski definition) is 1. The lowest BCUT2D eigenvalue weighted by atomic mass is 9.78. The molecule has 0 aromatic heterocycles. The Balaban J connectivity index is 1.27. The Bertz CT molecular complexity index is 576. The van der Waals surface area contributed by atoms with Gasteiger partial charge in [-0.3, -0.25) is 0 Å². The van der Waals surface area contributed by atoms with E-state index in [0.717, 1.165) is 24.0 Å². The normalized spacial score (nSPS) is 26.7. The fourth-order valence-electron chi connectivity index (χ4n) is 4.73. The summed E-state index contributed by atoms with van der Waals surface area (Å²) in [7, 11) is 1.67. The van der Waals surface area contributed by atoms with E-state index in [4.69, 9.17) is 18.9 Å². The maximum atomic E-state index is 9.74. The fourth-order valence-corrected chi connectivity index (χ4v) is 4.73. The van der Waals surface area contributed by atoms with Crippen molar-refractivity contribution in [3.8, 4) is 5.75 Å². The van der Waals surface area contributed by atoms with E-state index in [0.29, 0.717) is 57.2 Å². The molecule has 1 N–H and O–H groups in total. The van der Waals surface area contributed by atoms with E-state index in [1.54, 1.807) is 7.11 Å². The van der Waals surface area contributed by atoms with E-state index in [-0.39, 0.29) is 0 Å². The molecular formula is C22H34O5. The first-order valence-electron chi connectivity index (χ1n) is 10.2. The highest BCUT2D eigenvalue weighted by Crippen LogP contribution is 2.55. The summed E-state index contributed by atoms with van der Waals surface area (Å²) in [5.74, 6) is 3.31. The predicted octanol–water partition coefficient (Wildman–Crippen LogP) is 3.53. The molecule has 3 rings (SSSR count). The molecule has 4 unspecified atom stereocenters. The van der Waals surface area contributed by atoms with Crippen LogP contribution in [0.2, 0.25) is 0 Å². The van der Waals surface area contributed by atoms with Gasteiger partial charge in [0, 0.05) is 13.7 Å². The average molecular weight is 379 g/mol. The van der Waals surface area contributed by atoms with E-state index in [1.165, 1.54) is 24.8 Å². The van der Waals surface area contributed by atoms with Gasteiger partial charge in [0.1, 0.15) is 5.75 Å². The van der Waals surface area contributed by atoms with Gasteiger partial charge in [0.2, 0.25) is 0 Å². The van der Waals surface area contributed by atoms with Crippen LogP contribution in [0.25, 0.3) is 0 Å². The standard InChI is InChI=1S/C22H34O5/c1-16-11-17(3-4-22(16)23)21-14-18-12-19(21)13-20(18)15-27-10-9-26-8-7-25-6-5-24-2/h3-4,11,18-21,23H,5-10,12-15H2,1-2H3. The third-order valence-corrected chi connectivity index (χ3v) is 6.16. The van der Waals surface area contributed by atoms with Gasteiger partial charge >= 0.3 is 0 Å². The number of aromatic hydroxyl groups is 1. The van der Waals surface area contributed by atoms with Crippen molar-refractivity contribution in [1.82, 2.24) is 0 Å². The molecule has 2 aliphatic rings. The summed E-state index contributed by atoms with van der Waals surface area (Å²) in [5.41, 5.74) is 2.39. The lowest BCUT2D eigenvalue weighted by molar-refractivity contribution is -0.00508. The van der Waals surface area contributed by atoms with Crippen molar-refractivity contribution in [3.05, 3.63) is 29.3 Å². The van der Waals surface area contributed by atoms with Crippen LogP contribution < -0.4 is 0 Å². The van der Waals surface area contributed by atoms with Gasteiger partial charge in [-0.05, 0) is 67.1 Å². The number of ether oxygens (including phenoxy) is 4. The zero-order valence-electron chi connectivity index (χ0n) is 16.7. The number of hydrogen-bond acceptors (Lipinski definition) is 5. The number of rotatable bonds is 12. The summed E-state index contributed by atoms with van der Waals surface area (Å²) in [6.07, 6.45) is 3.86. The van der Waals surface area contributed by atoms with Crippen molar-refractivity contribution in [2.75, 3.05) is 53.4 Å². The van der Waals surface area contributed by atoms with Gasteiger partial charge < -0.3 is 24.1 Å². The van der Waals surface area contributed by atoms with Crippen LogP contribution in [0.5, 0.6) is 5.75 Å². The largest absolute Gasteiger partial charge is 0.508 e. The number of methoxy groups -OCH3 is 1. The second kappa shape index (κ2) is 10.4. The van der Waals surface area contributed by atoms with Gasteiger partial charge in [-0.15, -0.1) is 0 Å². The smallest absolute Gasteiger partial charge is 0.118 e. The van der Waals surface area contributed by atoms with Crippen LogP contribution in [-0.4, -0.2) is 58.5 Å². The third-order valence-electron chi connectivity index (χ3n) is 6.16. The first kappa shape index (κ1) is 20.6. The first-order valence-corrected chi connectivity index (χ1v) is 10.2. The lowest BCUT2D eigenvalue weighted by Gasteiger charge is -2.28. The van der Waals surface area contributed by atoms with Crippen LogP contribution in [0.4, 0.5) is 0 Å². The molecule has 0 radical (unpaired) electrons. The van der Waals surface area contributed by atoms with Crippen LogP contribution in [-0.2, 0) is 18.9 Å². The molecule has 0 aliphatic heterocycles. The number of fused-ring (bicyclic) bond motifs is 2. The Morgan fingerprint density at radius 2 is 1.59 bits per heavy atom. The van der Waals surface area contributed by atoms with Crippen molar-refractivity contribution in [3.63, 3.8) is 0 Å². The van der Waals surface area contributed by atoms with Crippen molar-refractivity contribution in [2.24, 2.45) is 17.8 Å². The summed E-state index contributed by atoms with van der Waals surface area (Å²) in [5, 5.41) is 9.74. The quantitative estimate of drug-likeness (QED) is 0.564. The van der Waals surface area contributed by atoms with E-state index in [1.807, 2.05) is 13.0 Å². The molecule has 2 bridgehead atoms.